The molecule has 0 amide bonds. The van der Waals surface area contributed by atoms with Crippen LogP contribution < -0.4 is 5.32 Å². The summed E-state index contributed by atoms with van der Waals surface area (Å²) in [6.45, 7) is 1.42. The van der Waals surface area contributed by atoms with Crippen LogP contribution in [0.3, 0.4) is 0 Å². The quantitative estimate of drug-likeness (QED) is 0.764. The van der Waals surface area contributed by atoms with Gasteiger partial charge in [0.1, 0.15) is 6.10 Å². The molecule has 0 saturated carbocycles. The topological polar surface area (TPSA) is 58.6 Å². The molecule has 0 radical (unpaired) electrons. The van der Waals surface area contributed by atoms with Crippen LogP contribution in [0.25, 0.3) is 0 Å². The fraction of sp³-hybridized carbons (Fsp3) is 0.235. The third-order valence-corrected chi connectivity index (χ3v) is 3.79. The Morgan fingerprint density at radius 3 is 2.48 bits per heavy atom. The molecule has 0 heterocycles. The SMILES string of the molecule is CC(CO)OC(=O)Cc1ccccc1Nc1c(Cl)cccc1Cl. The van der Waals surface area contributed by atoms with Crippen molar-refractivity contribution >= 4 is 40.5 Å². The van der Waals surface area contributed by atoms with Crippen molar-refractivity contribution in [3.63, 3.8) is 0 Å². The molecule has 2 rings (SSSR count). The molecule has 0 aromatic heterocycles. The highest BCUT2D eigenvalue weighted by molar-refractivity contribution is 6.39. The standard InChI is InChI=1S/C17H17Cl2NO3/c1-11(10-21)23-16(22)9-12-5-2-3-8-15(12)20-17-13(18)6-4-7-14(17)19/h2-8,11,20-21H,9-10H2,1H3. The van der Waals surface area contributed by atoms with Gasteiger partial charge in [-0.2, -0.15) is 0 Å². The molecule has 2 N–H and O–H groups in total. The summed E-state index contributed by atoms with van der Waals surface area (Å²) in [5, 5.41) is 13.1. The lowest BCUT2D eigenvalue weighted by Crippen LogP contribution is -2.20. The van der Waals surface area contributed by atoms with E-state index in [1.807, 2.05) is 24.3 Å². The van der Waals surface area contributed by atoms with Crippen LogP contribution in [0.2, 0.25) is 10.0 Å². The minimum absolute atomic E-state index is 0.0790. The average Bonchev–Trinajstić information content (AvgIpc) is 2.52. The predicted octanol–water partition coefficient (Wildman–Crippen LogP) is 4.20. The van der Waals surface area contributed by atoms with Gasteiger partial charge in [0.05, 0.1) is 28.8 Å². The number of aliphatic hydroxyl groups excluding tert-OH is 1. The molecule has 0 fully saturated rings. The Hall–Kier alpha value is -1.75. The second-order valence-corrected chi connectivity index (χ2v) is 5.85. The first-order valence-corrected chi connectivity index (χ1v) is 7.86. The van der Waals surface area contributed by atoms with Gasteiger partial charge in [-0.15, -0.1) is 0 Å². The van der Waals surface area contributed by atoms with Gasteiger partial charge in [0.25, 0.3) is 0 Å². The van der Waals surface area contributed by atoms with Crippen LogP contribution in [0, 0.1) is 0 Å². The van der Waals surface area contributed by atoms with Gasteiger partial charge >= 0.3 is 5.97 Å². The number of halogens is 2. The largest absolute Gasteiger partial charge is 0.460 e. The molecule has 1 unspecified atom stereocenters. The van der Waals surface area contributed by atoms with Gasteiger partial charge in [-0.05, 0) is 30.7 Å². The van der Waals surface area contributed by atoms with E-state index < -0.39 is 12.1 Å². The minimum atomic E-state index is -0.527. The van der Waals surface area contributed by atoms with Gasteiger partial charge < -0.3 is 15.2 Å². The summed E-state index contributed by atoms with van der Waals surface area (Å²) in [7, 11) is 0. The molecule has 0 aliphatic carbocycles. The van der Waals surface area contributed by atoms with Crippen molar-refractivity contribution in [1.82, 2.24) is 0 Å². The third kappa shape index (κ3) is 4.86. The van der Waals surface area contributed by atoms with Crippen molar-refractivity contribution in [2.75, 3.05) is 11.9 Å². The van der Waals surface area contributed by atoms with Crippen LogP contribution >= 0.6 is 23.2 Å². The maximum Gasteiger partial charge on any atom is 0.310 e. The second kappa shape index (κ2) is 8.20. The molecule has 0 bridgehead atoms. The monoisotopic (exact) mass is 353 g/mol. The van der Waals surface area contributed by atoms with Crippen molar-refractivity contribution < 1.29 is 14.6 Å². The number of esters is 1. The number of nitrogens with one attached hydrogen (secondary N) is 1. The van der Waals surface area contributed by atoms with Crippen molar-refractivity contribution in [2.45, 2.75) is 19.4 Å². The molecular formula is C17H17Cl2NO3. The molecule has 0 aliphatic rings. The van der Waals surface area contributed by atoms with Crippen molar-refractivity contribution in [1.29, 1.82) is 0 Å². The summed E-state index contributed by atoms with van der Waals surface area (Å²) >= 11 is 12.3. The van der Waals surface area contributed by atoms with Crippen molar-refractivity contribution in [3.05, 3.63) is 58.1 Å². The number of carbonyl (C=O) groups excluding carboxylic acids is 1. The van der Waals surface area contributed by atoms with Gasteiger partial charge in [-0.25, -0.2) is 0 Å². The lowest BCUT2D eigenvalue weighted by molar-refractivity contribution is -0.149. The average molecular weight is 354 g/mol. The zero-order valence-corrected chi connectivity index (χ0v) is 14.1. The summed E-state index contributed by atoms with van der Waals surface area (Å²) in [6.07, 6.45) is -0.448. The summed E-state index contributed by atoms with van der Waals surface area (Å²) in [5.74, 6) is -0.411. The maximum atomic E-state index is 11.9. The number of ether oxygens (including phenoxy) is 1. The number of para-hydroxylation sites is 2. The van der Waals surface area contributed by atoms with E-state index in [0.717, 1.165) is 11.3 Å². The van der Waals surface area contributed by atoms with E-state index in [-0.39, 0.29) is 13.0 Å². The maximum absolute atomic E-state index is 11.9. The van der Waals surface area contributed by atoms with E-state index in [9.17, 15) is 4.79 Å². The van der Waals surface area contributed by atoms with Gasteiger partial charge in [0.15, 0.2) is 0 Å². The minimum Gasteiger partial charge on any atom is -0.460 e. The Balaban J connectivity index is 2.19. The highest BCUT2D eigenvalue weighted by Crippen LogP contribution is 2.33. The van der Waals surface area contributed by atoms with E-state index in [2.05, 4.69) is 5.32 Å². The highest BCUT2D eigenvalue weighted by atomic mass is 35.5. The summed E-state index contributed by atoms with van der Waals surface area (Å²) < 4.78 is 5.09. The molecule has 0 aliphatic heterocycles. The predicted molar refractivity (Wildman–Crippen MR) is 92.5 cm³/mol. The lowest BCUT2D eigenvalue weighted by Gasteiger charge is -2.15. The summed E-state index contributed by atoms with van der Waals surface area (Å²) in [5.41, 5.74) is 2.05. The van der Waals surface area contributed by atoms with Crippen LogP contribution in [0.1, 0.15) is 12.5 Å². The molecule has 2 aromatic carbocycles. The number of anilines is 2. The summed E-state index contributed by atoms with van der Waals surface area (Å²) in [6, 6.07) is 12.5. The van der Waals surface area contributed by atoms with Gasteiger partial charge in [0, 0.05) is 5.69 Å². The zero-order valence-electron chi connectivity index (χ0n) is 12.6. The third-order valence-electron chi connectivity index (χ3n) is 3.16. The Morgan fingerprint density at radius 2 is 1.83 bits per heavy atom. The number of hydrogen-bond acceptors (Lipinski definition) is 4. The molecular weight excluding hydrogens is 337 g/mol. The van der Waals surface area contributed by atoms with Crippen LogP contribution in [0.5, 0.6) is 0 Å². The number of hydrogen-bond donors (Lipinski definition) is 2. The highest BCUT2D eigenvalue weighted by Gasteiger charge is 2.13. The second-order valence-electron chi connectivity index (χ2n) is 5.04. The van der Waals surface area contributed by atoms with Crippen LogP contribution in [0.15, 0.2) is 42.5 Å². The van der Waals surface area contributed by atoms with Gasteiger partial charge in [0.2, 0.25) is 0 Å². The molecule has 2 aromatic rings. The zero-order chi connectivity index (χ0) is 16.8. The van der Waals surface area contributed by atoms with Crippen molar-refractivity contribution in [3.8, 4) is 0 Å². The van der Waals surface area contributed by atoms with E-state index in [0.29, 0.717) is 15.7 Å². The molecule has 6 heteroatoms. The van der Waals surface area contributed by atoms with Gasteiger partial charge in [-0.3, -0.25) is 4.79 Å². The Labute approximate surface area is 145 Å². The van der Waals surface area contributed by atoms with E-state index in [4.69, 9.17) is 33.0 Å². The number of benzene rings is 2. The number of rotatable bonds is 6. The first-order chi connectivity index (χ1) is 11.0. The first kappa shape index (κ1) is 17.6. The summed E-state index contributed by atoms with van der Waals surface area (Å²) in [4.78, 5) is 11.9. The molecule has 0 saturated heterocycles. The Kier molecular flexibility index (Phi) is 6.28. The Bertz CT molecular complexity index is 671. The number of carbonyl (C=O) groups is 1. The fourth-order valence-corrected chi connectivity index (χ4v) is 2.50. The van der Waals surface area contributed by atoms with E-state index in [1.54, 1.807) is 25.1 Å². The fourth-order valence-electron chi connectivity index (χ4n) is 2.01. The van der Waals surface area contributed by atoms with E-state index in [1.165, 1.54) is 0 Å². The van der Waals surface area contributed by atoms with Crippen LogP contribution in [-0.2, 0) is 16.0 Å². The van der Waals surface area contributed by atoms with Gasteiger partial charge in [-0.1, -0.05) is 47.5 Å². The van der Waals surface area contributed by atoms with Crippen molar-refractivity contribution in [2.24, 2.45) is 0 Å². The molecule has 23 heavy (non-hydrogen) atoms. The molecule has 122 valence electrons. The van der Waals surface area contributed by atoms with Crippen LogP contribution in [-0.4, -0.2) is 23.8 Å². The normalized spacial score (nSPS) is 11.8. The molecule has 1 atom stereocenters. The molecule has 4 nitrogen and oxygen atoms in total. The number of aliphatic hydroxyl groups is 1. The lowest BCUT2D eigenvalue weighted by atomic mass is 10.1. The van der Waals surface area contributed by atoms with E-state index >= 15 is 0 Å². The Morgan fingerprint density at radius 1 is 1.17 bits per heavy atom. The van der Waals surface area contributed by atoms with Crippen LogP contribution in [0.4, 0.5) is 11.4 Å². The molecule has 0 spiro atoms. The smallest absolute Gasteiger partial charge is 0.310 e. The first-order valence-electron chi connectivity index (χ1n) is 7.10.